The first-order chi connectivity index (χ1) is 17.6. The number of anilines is 2. The molecule has 10 nitrogen and oxygen atoms in total. The number of hydrogen-bond donors (Lipinski definition) is 2. The van der Waals surface area contributed by atoms with Gasteiger partial charge in [0.1, 0.15) is 11.4 Å². The molecule has 2 aliphatic heterocycles. The van der Waals surface area contributed by atoms with Gasteiger partial charge in [-0.3, -0.25) is 0 Å². The van der Waals surface area contributed by atoms with Crippen LogP contribution in [0.2, 0.25) is 0 Å². The predicted octanol–water partition coefficient (Wildman–Crippen LogP) is 4.11. The van der Waals surface area contributed by atoms with Crippen molar-refractivity contribution in [1.82, 2.24) is 20.2 Å². The molecule has 0 spiro atoms. The lowest BCUT2D eigenvalue weighted by atomic mass is 10.0. The maximum Gasteiger partial charge on any atom is 0.410 e. The molecule has 10 heteroatoms. The van der Waals surface area contributed by atoms with Crippen molar-refractivity contribution in [2.24, 2.45) is 0 Å². The second-order valence-electron chi connectivity index (χ2n) is 10.6. The number of aryl methyl sites for hydroxylation is 1. The Kier molecular flexibility index (Phi) is 7.87. The molecule has 3 heterocycles. The molecule has 4 rings (SSSR count). The van der Waals surface area contributed by atoms with Crippen LogP contribution in [0.5, 0.6) is 0 Å². The monoisotopic (exact) mass is 510 g/mol. The van der Waals surface area contributed by atoms with Gasteiger partial charge in [-0.15, -0.1) is 0 Å². The second kappa shape index (κ2) is 10.9. The molecule has 0 unspecified atom stereocenters. The van der Waals surface area contributed by atoms with E-state index >= 15 is 0 Å². The average Bonchev–Trinajstić information content (AvgIpc) is 2.83. The molecule has 1 aromatic carbocycles. The summed E-state index contributed by atoms with van der Waals surface area (Å²) in [6, 6.07) is 5.69. The first-order valence-corrected chi connectivity index (χ1v) is 12.9. The molecule has 1 aromatic heterocycles. The van der Waals surface area contributed by atoms with Gasteiger partial charge < -0.3 is 29.9 Å². The molecule has 200 valence electrons. The van der Waals surface area contributed by atoms with Crippen molar-refractivity contribution in [2.45, 2.75) is 66.2 Å². The van der Waals surface area contributed by atoms with Gasteiger partial charge in [0.15, 0.2) is 5.82 Å². The third kappa shape index (κ3) is 6.30. The van der Waals surface area contributed by atoms with Crippen LogP contribution in [0.3, 0.4) is 0 Å². The zero-order valence-electron chi connectivity index (χ0n) is 22.7. The minimum Gasteiger partial charge on any atom is -0.444 e. The molecule has 2 aromatic rings. The molecular formula is C27H38N6O4. The third-order valence-corrected chi connectivity index (χ3v) is 6.40. The van der Waals surface area contributed by atoms with Crippen molar-refractivity contribution in [3.8, 4) is 11.4 Å². The number of nitrogens with one attached hydrogen (secondary N) is 2. The van der Waals surface area contributed by atoms with E-state index in [-0.39, 0.29) is 18.2 Å². The van der Waals surface area contributed by atoms with E-state index in [0.29, 0.717) is 45.1 Å². The van der Waals surface area contributed by atoms with Crippen LogP contribution in [0.25, 0.3) is 11.4 Å². The van der Waals surface area contributed by atoms with Crippen molar-refractivity contribution in [3.63, 3.8) is 0 Å². The van der Waals surface area contributed by atoms with Crippen LogP contribution in [0.4, 0.5) is 21.1 Å². The fourth-order valence-electron chi connectivity index (χ4n) is 4.57. The zero-order valence-corrected chi connectivity index (χ0v) is 22.7. The first kappa shape index (κ1) is 26.7. The Morgan fingerprint density at radius 3 is 2.68 bits per heavy atom. The van der Waals surface area contributed by atoms with E-state index < -0.39 is 5.60 Å². The van der Waals surface area contributed by atoms with Gasteiger partial charge in [-0.2, -0.15) is 0 Å². The molecule has 0 aliphatic carbocycles. The topological polar surface area (TPSA) is 109 Å². The molecule has 0 saturated carbocycles. The number of morpholine rings is 1. The number of nitrogens with zero attached hydrogens (tertiary/aromatic N) is 4. The molecule has 37 heavy (non-hydrogen) atoms. The highest BCUT2D eigenvalue weighted by atomic mass is 16.6. The van der Waals surface area contributed by atoms with Gasteiger partial charge in [0.25, 0.3) is 0 Å². The summed E-state index contributed by atoms with van der Waals surface area (Å²) in [5.41, 5.74) is 3.82. The van der Waals surface area contributed by atoms with Crippen LogP contribution in [-0.4, -0.2) is 71.5 Å². The molecule has 2 aliphatic rings. The number of rotatable bonds is 4. The Balaban J connectivity index is 1.70. The molecule has 1 atom stereocenters. The molecule has 0 radical (unpaired) electrons. The summed E-state index contributed by atoms with van der Waals surface area (Å²) in [5.74, 6) is 1.49. The Morgan fingerprint density at radius 2 is 2.00 bits per heavy atom. The van der Waals surface area contributed by atoms with Gasteiger partial charge in [0.2, 0.25) is 0 Å². The summed E-state index contributed by atoms with van der Waals surface area (Å²) in [6.07, 6.45) is 0.319. The molecule has 1 saturated heterocycles. The Morgan fingerprint density at radius 1 is 1.22 bits per heavy atom. The molecule has 0 bridgehead atoms. The minimum atomic E-state index is -0.566. The van der Waals surface area contributed by atoms with Crippen molar-refractivity contribution < 1.29 is 19.1 Å². The van der Waals surface area contributed by atoms with E-state index in [1.165, 1.54) is 0 Å². The number of benzene rings is 1. The number of aromatic nitrogens is 2. The fraction of sp³-hybridized carbons (Fsp3) is 0.556. The van der Waals surface area contributed by atoms with Crippen molar-refractivity contribution in [1.29, 1.82) is 0 Å². The molecule has 3 amide bonds. The number of fused-ring (bicyclic) bond motifs is 1. The van der Waals surface area contributed by atoms with Crippen LogP contribution >= 0.6 is 0 Å². The lowest BCUT2D eigenvalue weighted by Gasteiger charge is -2.38. The van der Waals surface area contributed by atoms with Crippen LogP contribution in [-0.2, 0) is 22.4 Å². The first-order valence-electron chi connectivity index (χ1n) is 12.9. The SMILES string of the molecule is CCNC(=O)Nc1ccc(-c2nc3c(c(N4CCOC[C@@H]4C)n2)CCN(C(=O)OC(C)(C)C)C3)cc1C. The summed E-state index contributed by atoms with van der Waals surface area (Å²) >= 11 is 0. The normalized spacial score (nSPS) is 17.7. The zero-order chi connectivity index (χ0) is 26.7. The number of carbonyl (C=O) groups excluding carboxylic acids is 2. The summed E-state index contributed by atoms with van der Waals surface area (Å²) in [5, 5.41) is 5.62. The number of urea groups is 1. The summed E-state index contributed by atoms with van der Waals surface area (Å²) < 4.78 is 11.3. The van der Waals surface area contributed by atoms with E-state index in [0.717, 1.165) is 40.4 Å². The van der Waals surface area contributed by atoms with Crippen molar-refractivity contribution in [2.75, 3.05) is 43.1 Å². The minimum absolute atomic E-state index is 0.176. The van der Waals surface area contributed by atoms with Crippen molar-refractivity contribution in [3.05, 3.63) is 35.0 Å². The lowest BCUT2D eigenvalue weighted by Crippen LogP contribution is -2.46. The van der Waals surface area contributed by atoms with Gasteiger partial charge in [0, 0.05) is 36.4 Å². The highest BCUT2D eigenvalue weighted by Gasteiger charge is 2.32. The van der Waals surface area contributed by atoms with E-state index in [2.05, 4.69) is 22.5 Å². The Bertz CT molecular complexity index is 1160. The highest BCUT2D eigenvalue weighted by molar-refractivity contribution is 5.90. The molecular weight excluding hydrogens is 472 g/mol. The van der Waals surface area contributed by atoms with E-state index in [1.807, 2.05) is 52.8 Å². The largest absolute Gasteiger partial charge is 0.444 e. The molecule has 1 fully saturated rings. The Labute approximate surface area is 218 Å². The average molecular weight is 511 g/mol. The van der Waals surface area contributed by atoms with Crippen LogP contribution in [0.15, 0.2) is 18.2 Å². The summed E-state index contributed by atoms with van der Waals surface area (Å²) in [7, 11) is 0. The number of hydrogen-bond acceptors (Lipinski definition) is 7. The van der Waals surface area contributed by atoms with E-state index in [1.54, 1.807) is 4.90 Å². The smallest absolute Gasteiger partial charge is 0.410 e. The van der Waals surface area contributed by atoms with Gasteiger partial charge in [-0.05, 0) is 71.7 Å². The maximum absolute atomic E-state index is 12.8. The van der Waals surface area contributed by atoms with Crippen LogP contribution < -0.4 is 15.5 Å². The van der Waals surface area contributed by atoms with Gasteiger partial charge in [0.05, 0.1) is 31.5 Å². The van der Waals surface area contributed by atoms with Gasteiger partial charge >= 0.3 is 12.1 Å². The number of amides is 3. The van der Waals surface area contributed by atoms with E-state index in [4.69, 9.17) is 19.4 Å². The van der Waals surface area contributed by atoms with Crippen molar-refractivity contribution >= 4 is 23.6 Å². The van der Waals surface area contributed by atoms with Gasteiger partial charge in [-0.1, -0.05) is 0 Å². The lowest BCUT2D eigenvalue weighted by molar-refractivity contribution is 0.0220. The van der Waals surface area contributed by atoms with Crippen LogP contribution in [0.1, 0.15) is 51.4 Å². The van der Waals surface area contributed by atoms with Crippen LogP contribution in [0, 0.1) is 6.92 Å². The predicted molar refractivity (Wildman–Crippen MR) is 143 cm³/mol. The quantitative estimate of drug-likeness (QED) is 0.637. The number of ether oxygens (including phenoxy) is 2. The second-order valence-corrected chi connectivity index (χ2v) is 10.6. The maximum atomic E-state index is 12.8. The third-order valence-electron chi connectivity index (χ3n) is 6.40. The Hall–Kier alpha value is -3.40. The fourth-order valence-corrected chi connectivity index (χ4v) is 4.57. The molecule has 2 N–H and O–H groups in total. The standard InChI is InChI=1S/C27H38N6O4/c1-7-28-25(34)30-21-9-8-19(14-17(21)2)23-29-22-15-32(26(35)37-27(4,5)6)11-10-20(22)24(31-23)33-12-13-36-16-18(33)3/h8-9,14,18H,7,10-13,15-16H2,1-6H3,(H2,28,30,34)/t18-/m0/s1. The van der Waals surface area contributed by atoms with Gasteiger partial charge in [-0.25, -0.2) is 19.6 Å². The summed E-state index contributed by atoms with van der Waals surface area (Å²) in [4.78, 5) is 38.8. The van der Waals surface area contributed by atoms with E-state index in [9.17, 15) is 9.59 Å². The number of carbonyl (C=O) groups is 2. The highest BCUT2D eigenvalue weighted by Crippen LogP contribution is 2.32. The summed E-state index contributed by atoms with van der Waals surface area (Å²) in [6.45, 7) is 15.0.